The van der Waals surface area contributed by atoms with E-state index in [9.17, 15) is 14.7 Å². The summed E-state index contributed by atoms with van der Waals surface area (Å²) in [5.74, 6) is -0.496. The number of carbonyl (C=O) groups is 2. The van der Waals surface area contributed by atoms with Crippen LogP contribution in [0.4, 0.5) is 5.69 Å². The quantitative estimate of drug-likeness (QED) is 0.186. The van der Waals surface area contributed by atoms with Gasteiger partial charge in [-0.15, -0.1) is 0 Å². The molecule has 1 heterocycles. The highest BCUT2D eigenvalue weighted by Gasteiger charge is 2.35. The van der Waals surface area contributed by atoms with E-state index in [1.165, 1.54) is 15.4 Å². The van der Waals surface area contributed by atoms with Gasteiger partial charge in [0.15, 0.2) is 5.75 Å². The second-order valence-electron chi connectivity index (χ2n) is 12.2. The molecule has 4 aromatic carbocycles. The van der Waals surface area contributed by atoms with Crippen molar-refractivity contribution in [1.29, 1.82) is 0 Å². The molecule has 0 spiro atoms. The zero-order valence-corrected chi connectivity index (χ0v) is 27.7. The molecule has 0 bridgehead atoms. The minimum absolute atomic E-state index is 0.0507. The molecule has 1 aliphatic heterocycles. The molecule has 0 fully saturated rings. The Morgan fingerprint density at radius 1 is 0.957 bits per heavy atom. The van der Waals surface area contributed by atoms with E-state index in [4.69, 9.17) is 4.74 Å². The number of amides is 2. The third kappa shape index (κ3) is 8.18. The fourth-order valence-corrected chi connectivity index (χ4v) is 6.50. The predicted octanol–water partition coefficient (Wildman–Crippen LogP) is 6.93. The molecule has 240 valence electrons. The summed E-state index contributed by atoms with van der Waals surface area (Å²) in [6, 6.07) is 33.5. The molecule has 2 amide bonds. The Kier molecular flexibility index (Phi) is 11.2. The first-order valence-electron chi connectivity index (χ1n) is 15.8. The molecule has 4 atom stereocenters. The maximum absolute atomic E-state index is 13.9. The van der Waals surface area contributed by atoms with E-state index in [2.05, 4.69) is 60.6 Å². The Hall–Kier alpha value is -4.11. The minimum atomic E-state index is -0.398. The maximum Gasteiger partial charge on any atom is 0.258 e. The van der Waals surface area contributed by atoms with Crippen molar-refractivity contribution in [1.82, 2.24) is 9.80 Å². The van der Waals surface area contributed by atoms with Crippen LogP contribution in [-0.2, 0) is 11.3 Å². The van der Waals surface area contributed by atoms with Crippen molar-refractivity contribution in [3.8, 4) is 5.75 Å². The second-order valence-corrected chi connectivity index (χ2v) is 13.3. The van der Waals surface area contributed by atoms with Gasteiger partial charge >= 0.3 is 0 Å². The molecule has 5 rings (SSSR count). The van der Waals surface area contributed by atoms with Crippen molar-refractivity contribution >= 4 is 29.3 Å². The van der Waals surface area contributed by atoms with Crippen LogP contribution in [0.15, 0.2) is 113 Å². The number of likely N-dealkylation sites (N-methyl/N-ethyl adjacent to an activating group) is 1. The molecule has 4 aromatic rings. The van der Waals surface area contributed by atoms with Crippen LogP contribution in [0, 0.1) is 5.92 Å². The molecular formula is C38H43N3O4S. The number of nitrogens with zero attached hydrogens (tertiary/aromatic N) is 2. The van der Waals surface area contributed by atoms with Crippen LogP contribution < -0.4 is 10.1 Å². The molecule has 2 N–H and O–H groups in total. The summed E-state index contributed by atoms with van der Waals surface area (Å²) in [6.07, 6.45) is -0.289. The highest BCUT2D eigenvalue weighted by molar-refractivity contribution is 7.99. The molecule has 46 heavy (non-hydrogen) atoms. The van der Waals surface area contributed by atoms with Crippen LogP contribution in [0.3, 0.4) is 0 Å². The highest BCUT2D eigenvalue weighted by atomic mass is 32.2. The van der Waals surface area contributed by atoms with E-state index in [1.54, 1.807) is 34.9 Å². The summed E-state index contributed by atoms with van der Waals surface area (Å²) in [6.45, 7) is 7.38. The fourth-order valence-electron chi connectivity index (χ4n) is 5.66. The van der Waals surface area contributed by atoms with Gasteiger partial charge in [-0.05, 0) is 68.4 Å². The van der Waals surface area contributed by atoms with Gasteiger partial charge in [-0.1, -0.05) is 85.4 Å². The number of nitrogens with one attached hydrogen (secondary N) is 1. The van der Waals surface area contributed by atoms with Crippen molar-refractivity contribution in [3.63, 3.8) is 0 Å². The van der Waals surface area contributed by atoms with Crippen LogP contribution in [0.2, 0.25) is 0 Å². The van der Waals surface area contributed by atoms with E-state index in [1.807, 2.05) is 62.4 Å². The first kappa shape index (κ1) is 33.3. The van der Waals surface area contributed by atoms with E-state index >= 15 is 0 Å². The predicted molar refractivity (Wildman–Crippen MR) is 184 cm³/mol. The van der Waals surface area contributed by atoms with Gasteiger partial charge in [-0.3, -0.25) is 14.5 Å². The highest BCUT2D eigenvalue weighted by Crippen LogP contribution is 2.36. The van der Waals surface area contributed by atoms with Crippen LogP contribution >= 0.6 is 11.8 Å². The molecule has 0 radical (unpaired) electrons. The molecule has 8 heteroatoms. The Bertz CT molecular complexity index is 1600. The van der Waals surface area contributed by atoms with Gasteiger partial charge < -0.3 is 20.1 Å². The van der Waals surface area contributed by atoms with Gasteiger partial charge in [0.2, 0.25) is 5.91 Å². The van der Waals surface area contributed by atoms with Crippen LogP contribution in [0.25, 0.3) is 0 Å². The number of hydrogen-bond acceptors (Lipinski definition) is 6. The zero-order valence-electron chi connectivity index (χ0n) is 26.9. The topological polar surface area (TPSA) is 82.1 Å². The largest absolute Gasteiger partial charge is 0.486 e. The standard InChI is InChI=1S/C38H43N3O4S/c1-26-22-41(27(2)25-42)38(44)33-16-11-17-34(39-37(43)28(3)30-12-7-5-8-13-30)36(33)45-35(26)24-40(4)23-29-18-20-32(21-19-29)46-31-14-9-6-10-15-31/h5-21,26-28,35,42H,22-25H2,1-4H3,(H,39,43)/t26-,27+,28?,35-/m1/s1. The molecular weight excluding hydrogens is 595 g/mol. The maximum atomic E-state index is 13.9. The number of rotatable bonds is 11. The van der Waals surface area contributed by atoms with Gasteiger partial charge in [0.25, 0.3) is 5.91 Å². The lowest BCUT2D eigenvalue weighted by molar-refractivity contribution is -0.117. The van der Waals surface area contributed by atoms with Gasteiger partial charge in [-0.2, -0.15) is 0 Å². The number of benzene rings is 4. The van der Waals surface area contributed by atoms with Crippen molar-refractivity contribution in [2.24, 2.45) is 5.92 Å². The minimum Gasteiger partial charge on any atom is -0.486 e. The Balaban J connectivity index is 1.36. The molecule has 0 aromatic heterocycles. The normalized spacial score (nSPS) is 17.8. The number of carbonyl (C=O) groups excluding carboxylic acids is 2. The van der Waals surface area contributed by atoms with Crippen LogP contribution in [0.1, 0.15) is 48.2 Å². The first-order valence-corrected chi connectivity index (χ1v) is 16.6. The molecule has 0 saturated carbocycles. The van der Waals surface area contributed by atoms with Crippen LogP contribution in [-0.4, -0.2) is 65.6 Å². The zero-order chi connectivity index (χ0) is 32.6. The number of fused-ring (bicyclic) bond motifs is 1. The Morgan fingerprint density at radius 3 is 2.28 bits per heavy atom. The summed E-state index contributed by atoms with van der Waals surface area (Å²) in [7, 11) is 2.07. The third-order valence-corrected chi connectivity index (χ3v) is 9.50. The summed E-state index contributed by atoms with van der Waals surface area (Å²) < 4.78 is 6.72. The molecule has 7 nitrogen and oxygen atoms in total. The van der Waals surface area contributed by atoms with E-state index in [0.717, 1.165) is 12.1 Å². The lowest BCUT2D eigenvalue weighted by Gasteiger charge is -2.38. The van der Waals surface area contributed by atoms with E-state index in [-0.39, 0.29) is 36.5 Å². The summed E-state index contributed by atoms with van der Waals surface area (Å²) >= 11 is 1.74. The number of anilines is 1. The number of ether oxygens (including phenoxy) is 1. The smallest absolute Gasteiger partial charge is 0.258 e. The van der Waals surface area contributed by atoms with Crippen molar-refractivity contribution in [2.75, 3.05) is 32.1 Å². The third-order valence-electron chi connectivity index (χ3n) is 8.49. The number of aliphatic hydroxyl groups is 1. The summed E-state index contributed by atoms with van der Waals surface area (Å²) in [5.41, 5.74) is 2.92. The van der Waals surface area contributed by atoms with Gasteiger partial charge in [0, 0.05) is 35.3 Å². The number of hydrogen-bond donors (Lipinski definition) is 2. The fraction of sp³-hybridized carbons (Fsp3) is 0.316. The van der Waals surface area contributed by atoms with Gasteiger partial charge in [0.1, 0.15) is 6.10 Å². The SMILES string of the molecule is CC(C(=O)Nc1cccc2c1O[C@H](CN(C)Cc1ccc(Sc3ccccc3)cc1)[C@H](C)CN([C@@H](C)CO)C2=O)c1ccccc1. The summed E-state index contributed by atoms with van der Waals surface area (Å²) in [4.78, 5) is 33.6. The van der Waals surface area contributed by atoms with Gasteiger partial charge in [0.05, 0.1) is 29.8 Å². The Morgan fingerprint density at radius 2 is 1.61 bits per heavy atom. The molecule has 1 unspecified atom stereocenters. The van der Waals surface area contributed by atoms with Crippen LogP contribution in [0.5, 0.6) is 5.75 Å². The van der Waals surface area contributed by atoms with E-state index < -0.39 is 5.92 Å². The molecule has 0 saturated heterocycles. The summed E-state index contributed by atoms with van der Waals surface area (Å²) in [5, 5.41) is 13.1. The van der Waals surface area contributed by atoms with Crippen molar-refractivity contribution < 1.29 is 19.4 Å². The Labute approximate surface area is 276 Å². The molecule has 1 aliphatic rings. The van der Waals surface area contributed by atoms with E-state index in [0.29, 0.717) is 30.1 Å². The second kappa shape index (κ2) is 15.5. The average Bonchev–Trinajstić information content (AvgIpc) is 3.07. The van der Waals surface area contributed by atoms with Crippen molar-refractivity contribution in [3.05, 3.63) is 120 Å². The monoisotopic (exact) mass is 637 g/mol. The van der Waals surface area contributed by atoms with Gasteiger partial charge in [-0.25, -0.2) is 0 Å². The number of aliphatic hydroxyl groups excluding tert-OH is 1. The average molecular weight is 638 g/mol. The van der Waals surface area contributed by atoms with Crippen molar-refractivity contribution in [2.45, 2.75) is 55.2 Å². The number of para-hydroxylation sites is 1. The lowest BCUT2D eigenvalue weighted by Crippen LogP contribution is -2.49. The molecule has 0 aliphatic carbocycles. The first-order chi connectivity index (χ1) is 22.2. The lowest BCUT2D eigenvalue weighted by atomic mass is 9.98.